The molecule has 0 atom stereocenters. The van der Waals surface area contributed by atoms with Crippen molar-refractivity contribution in [1.82, 2.24) is 0 Å². The number of unbranched alkanes of at least 4 members (excludes halogenated alkanes) is 1. The van der Waals surface area contributed by atoms with Gasteiger partial charge < -0.3 is 4.74 Å². The molecule has 0 aliphatic rings. The van der Waals surface area contributed by atoms with E-state index in [1.165, 1.54) is 6.08 Å². The number of ketones is 1. The van der Waals surface area contributed by atoms with Crippen LogP contribution in [0.2, 0.25) is 0 Å². The smallest absolute Gasteiger partial charge is 0.379 e. The van der Waals surface area contributed by atoms with Gasteiger partial charge in [-0.25, -0.2) is 4.79 Å². The van der Waals surface area contributed by atoms with Crippen molar-refractivity contribution in [2.45, 2.75) is 33.6 Å². The van der Waals surface area contributed by atoms with E-state index in [2.05, 4.69) is 9.73 Å². The number of allylic oxidation sites excluding steroid dienone is 1. The number of carbonyl (C=O) groups is 2. The minimum Gasteiger partial charge on any atom is -0.460 e. The summed E-state index contributed by atoms with van der Waals surface area (Å²) < 4.78 is 4.55. The molecule has 0 aliphatic heterocycles. The lowest BCUT2D eigenvalue weighted by Crippen LogP contribution is -2.15. The minimum absolute atomic E-state index is 0.205. The van der Waals surface area contributed by atoms with E-state index >= 15 is 0 Å². The Hall–Kier alpha value is -1.45. The number of hydrogen-bond donors (Lipinski definition) is 0. The number of nitrogens with zero attached hydrogens (tertiary/aromatic N) is 1. The molecule has 0 rings (SSSR count). The lowest BCUT2D eigenvalue weighted by molar-refractivity contribution is -0.151. The summed E-state index contributed by atoms with van der Waals surface area (Å²) in [4.78, 5) is 26.1. The highest BCUT2D eigenvalue weighted by molar-refractivity contribution is 6.38. The van der Waals surface area contributed by atoms with Crippen LogP contribution in [0.1, 0.15) is 33.6 Å². The van der Waals surface area contributed by atoms with E-state index in [0.29, 0.717) is 5.70 Å². The summed E-state index contributed by atoms with van der Waals surface area (Å²) >= 11 is 0. The van der Waals surface area contributed by atoms with Crippen molar-refractivity contribution in [3.8, 4) is 0 Å². The highest BCUT2D eigenvalue weighted by Crippen LogP contribution is 1.96. The van der Waals surface area contributed by atoms with Crippen molar-refractivity contribution in [1.29, 1.82) is 0 Å². The third-order valence-electron chi connectivity index (χ3n) is 1.53. The summed E-state index contributed by atoms with van der Waals surface area (Å²) in [6, 6.07) is 0. The van der Waals surface area contributed by atoms with Gasteiger partial charge in [-0.2, -0.15) is 0 Å². The molecule has 0 unspecified atom stereocenters. The van der Waals surface area contributed by atoms with Crippen LogP contribution in [0.4, 0.5) is 0 Å². The first kappa shape index (κ1) is 13.5. The summed E-state index contributed by atoms with van der Waals surface area (Å²) in [5.74, 6) is -1.49. The molecule has 0 saturated heterocycles. The van der Waals surface area contributed by atoms with Crippen LogP contribution in [-0.2, 0) is 14.3 Å². The fraction of sp³-hybridized carbons (Fsp3) is 0.545. The van der Waals surface area contributed by atoms with Crippen molar-refractivity contribution in [3.63, 3.8) is 0 Å². The summed E-state index contributed by atoms with van der Waals surface area (Å²) in [5.41, 5.74) is 0.515. The van der Waals surface area contributed by atoms with E-state index in [9.17, 15) is 9.59 Å². The summed E-state index contributed by atoms with van der Waals surface area (Å²) in [7, 11) is 0. The van der Waals surface area contributed by atoms with E-state index in [1.807, 2.05) is 6.92 Å². The third-order valence-corrected chi connectivity index (χ3v) is 1.53. The van der Waals surface area contributed by atoms with Crippen molar-refractivity contribution in [2.75, 3.05) is 6.61 Å². The number of hydrogen-bond acceptors (Lipinski definition) is 4. The van der Waals surface area contributed by atoms with Crippen LogP contribution in [0.15, 0.2) is 16.8 Å². The van der Waals surface area contributed by atoms with Crippen LogP contribution < -0.4 is 0 Å². The molecule has 4 heteroatoms. The van der Waals surface area contributed by atoms with Crippen molar-refractivity contribution in [3.05, 3.63) is 11.8 Å². The number of aliphatic imine (C=N–C) groups is 1. The summed E-state index contributed by atoms with van der Waals surface area (Å²) in [6.07, 6.45) is 4.77. The van der Waals surface area contributed by atoms with E-state index in [0.717, 1.165) is 12.8 Å². The van der Waals surface area contributed by atoms with Crippen LogP contribution >= 0.6 is 0 Å². The molecule has 0 amide bonds. The lowest BCUT2D eigenvalue weighted by Gasteiger charge is -1.96. The van der Waals surface area contributed by atoms with Crippen LogP contribution in [0, 0.1) is 0 Å². The molecule has 0 radical (unpaired) electrons. The molecule has 0 bridgehead atoms. The molecule has 0 saturated carbocycles. The van der Waals surface area contributed by atoms with E-state index in [1.54, 1.807) is 20.1 Å². The molecule has 0 spiro atoms. The highest BCUT2D eigenvalue weighted by atomic mass is 16.5. The van der Waals surface area contributed by atoms with Gasteiger partial charge in [-0.3, -0.25) is 9.79 Å². The van der Waals surface area contributed by atoms with Crippen molar-refractivity contribution in [2.24, 2.45) is 4.99 Å². The average Bonchev–Trinajstić information content (AvgIpc) is 2.18. The molecule has 0 aliphatic carbocycles. The average molecular weight is 211 g/mol. The quantitative estimate of drug-likeness (QED) is 0.292. The molecule has 0 aromatic carbocycles. The van der Waals surface area contributed by atoms with E-state index in [4.69, 9.17) is 0 Å². The predicted molar refractivity (Wildman–Crippen MR) is 58.8 cm³/mol. The van der Waals surface area contributed by atoms with E-state index < -0.39 is 11.8 Å². The Bertz CT molecular complexity index is 280. The highest BCUT2D eigenvalue weighted by Gasteiger charge is 2.11. The standard InChI is InChI=1S/C11H17NO3/c1-4-6-7-12-9(3)8-10(13)11(14)15-5-2/h7-8H,4-6H2,1-3H3/b9-8+,12-7?. The minimum atomic E-state index is -0.831. The van der Waals surface area contributed by atoms with Gasteiger partial charge in [-0.05, 0) is 20.3 Å². The maximum atomic E-state index is 11.2. The molecule has 84 valence electrons. The van der Waals surface area contributed by atoms with Gasteiger partial charge >= 0.3 is 5.97 Å². The first-order chi connectivity index (χ1) is 7.11. The molecule has 4 nitrogen and oxygen atoms in total. The second kappa shape index (κ2) is 7.91. The number of esters is 1. The zero-order valence-electron chi connectivity index (χ0n) is 9.45. The Kier molecular flexibility index (Phi) is 7.14. The Morgan fingerprint density at radius 2 is 2.00 bits per heavy atom. The molecule has 15 heavy (non-hydrogen) atoms. The maximum absolute atomic E-state index is 11.2. The van der Waals surface area contributed by atoms with Gasteiger partial charge in [-0.1, -0.05) is 13.3 Å². The van der Waals surface area contributed by atoms with Gasteiger partial charge in [0.05, 0.1) is 6.61 Å². The van der Waals surface area contributed by atoms with E-state index in [-0.39, 0.29) is 6.61 Å². The van der Waals surface area contributed by atoms with Crippen LogP contribution in [0.3, 0.4) is 0 Å². The maximum Gasteiger partial charge on any atom is 0.379 e. The first-order valence-corrected chi connectivity index (χ1v) is 5.03. The van der Waals surface area contributed by atoms with Crippen LogP contribution in [0.5, 0.6) is 0 Å². The largest absolute Gasteiger partial charge is 0.460 e. The zero-order valence-corrected chi connectivity index (χ0v) is 9.45. The fourth-order valence-electron chi connectivity index (χ4n) is 0.826. The normalized spacial score (nSPS) is 11.8. The van der Waals surface area contributed by atoms with Gasteiger partial charge in [0.15, 0.2) is 0 Å². The van der Waals surface area contributed by atoms with Crippen LogP contribution in [0.25, 0.3) is 0 Å². The van der Waals surface area contributed by atoms with Gasteiger partial charge in [0.2, 0.25) is 0 Å². The number of ether oxygens (including phenoxy) is 1. The summed E-state index contributed by atoms with van der Waals surface area (Å²) in [6.45, 7) is 5.57. The molecule has 0 fully saturated rings. The van der Waals surface area contributed by atoms with Gasteiger partial charge in [-0.15, -0.1) is 0 Å². The first-order valence-electron chi connectivity index (χ1n) is 5.03. The SMILES string of the molecule is CCCC=N/C(C)=C/C(=O)C(=O)OCC. The van der Waals surface area contributed by atoms with Crippen molar-refractivity contribution < 1.29 is 14.3 Å². The fourth-order valence-corrected chi connectivity index (χ4v) is 0.826. The molecule has 0 N–H and O–H groups in total. The molecule has 0 aromatic heterocycles. The molecular weight excluding hydrogens is 194 g/mol. The molecule has 0 aromatic rings. The lowest BCUT2D eigenvalue weighted by atomic mass is 10.3. The van der Waals surface area contributed by atoms with Crippen molar-refractivity contribution >= 4 is 18.0 Å². The second-order valence-electron chi connectivity index (χ2n) is 2.97. The second-order valence-corrected chi connectivity index (χ2v) is 2.97. The van der Waals surface area contributed by atoms with Gasteiger partial charge in [0, 0.05) is 18.0 Å². The zero-order chi connectivity index (χ0) is 11.7. The monoisotopic (exact) mass is 211 g/mol. The topological polar surface area (TPSA) is 55.7 Å². The molecular formula is C11H17NO3. The van der Waals surface area contributed by atoms with Gasteiger partial charge in [0.1, 0.15) is 0 Å². The Morgan fingerprint density at radius 3 is 2.53 bits per heavy atom. The van der Waals surface area contributed by atoms with Gasteiger partial charge in [0.25, 0.3) is 5.78 Å². The number of carbonyl (C=O) groups excluding carboxylic acids is 2. The predicted octanol–water partition coefficient (Wildman–Crippen LogP) is 1.89. The third kappa shape index (κ3) is 6.60. The Morgan fingerprint density at radius 1 is 1.33 bits per heavy atom. The Balaban J connectivity index is 4.22. The number of rotatable bonds is 6. The van der Waals surface area contributed by atoms with Crippen LogP contribution in [-0.4, -0.2) is 24.6 Å². The summed E-state index contributed by atoms with van der Waals surface area (Å²) in [5, 5.41) is 0. The molecule has 0 heterocycles. The Labute approximate surface area is 90.0 Å².